The summed E-state index contributed by atoms with van der Waals surface area (Å²) < 4.78 is 5.45. The van der Waals surface area contributed by atoms with E-state index in [1.54, 1.807) is 4.90 Å². The van der Waals surface area contributed by atoms with Gasteiger partial charge in [0.15, 0.2) is 0 Å². The molecule has 1 N–H and O–H groups in total. The zero-order valence-electron chi connectivity index (χ0n) is 16.9. The number of nitrogens with zero attached hydrogens (tertiary/aromatic N) is 1. The van der Waals surface area contributed by atoms with Gasteiger partial charge in [0.05, 0.1) is 0 Å². The number of amides is 2. The van der Waals surface area contributed by atoms with Crippen molar-refractivity contribution >= 4 is 12.0 Å². The van der Waals surface area contributed by atoms with Crippen molar-refractivity contribution in [1.82, 2.24) is 10.2 Å². The summed E-state index contributed by atoms with van der Waals surface area (Å²) in [6.07, 6.45) is 1.81. The van der Waals surface area contributed by atoms with Crippen LogP contribution >= 0.6 is 0 Å². The predicted octanol–water partition coefficient (Wildman–Crippen LogP) is 3.83. The van der Waals surface area contributed by atoms with Crippen molar-refractivity contribution in [2.24, 2.45) is 0 Å². The fraction of sp³-hybridized carbons (Fsp3) is 0.619. The van der Waals surface area contributed by atoms with Crippen LogP contribution in [0.3, 0.4) is 0 Å². The van der Waals surface area contributed by atoms with Crippen LogP contribution < -0.4 is 5.32 Å². The van der Waals surface area contributed by atoms with E-state index in [2.05, 4.69) is 36.5 Å². The van der Waals surface area contributed by atoms with Gasteiger partial charge in [-0.1, -0.05) is 29.8 Å². The number of carbonyl (C=O) groups is 2. The monoisotopic (exact) mass is 360 g/mol. The third-order valence-corrected chi connectivity index (χ3v) is 4.41. The number of rotatable bonds is 4. The van der Waals surface area contributed by atoms with Crippen molar-refractivity contribution in [3.8, 4) is 0 Å². The van der Waals surface area contributed by atoms with Crippen LogP contribution in [0.1, 0.15) is 58.6 Å². The molecule has 2 rings (SSSR count). The number of likely N-dealkylation sites (tertiary alicyclic amines) is 1. The maximum atomic E-state index is 12.8. The van der Waals surface area contributed by atoms with Gasteiger partial charge in [0.1, 0.15) is 11.6 Å². The molecule has 1 fully saturated rings. The Morgan fingerprint density at radius 3 is 2.35 bits per heavy atom. The van der Waals surface area contributed by atoms with E-state index in [1.807, 2.05) is 34.6 Å². The van der Waals surface area contributed by atoms with E-state index in [4.69, 9.17) is 4.74 Å². The second-order valence-electron chi connectivity index (χ2n) is 8.87. The largest absolute Gasteiger partial charge is 0.444 e. The third kappa shape index (κ3) is 5.75. The van der Waals surface area contributed by atoms with Crippen molar-refractivity contribution in [3.63, 3.8) is 0 Å². The highest BCUT2D eigenvalue weighted by Crippen LogP contribution is 2.22. The number of benzene rings is 1. The second-order valence-corrected chi connectivity index (χ2v) is 8.87. The fourth-order valence-electron chi connectivity index (χ4n) is 3.26. The van der Waals surface area contributed by atoms with Gasteiger partial charge in [-0.2, -0.15) is 0 Å². The molecule has 5 heteroatoms. The molecule has 26 heavy (non-hydrogen) atoms. The van der Waals surface area contributed by atoms with E-state index in [1.165, 1.54) is 11.1 Å². The Balaban J connectivity index is 2.00. The van der Waals surface area contributed by atoms with Crippen LogP contribution in [0.2, 0.25) is 0 Å². The van der Waals surface area contributed by atoms with Crippen molar-refractivity contribution in [1.29, 1.82) is 0 Å². The molecule has 1 aromatic rings. The van der Waals surface area contributed by atoms with Crippen molar-refractivity contribution in [2.45, 2.75) is 78.0 Å². The lowest BCUT2D eigenvalue weighted by Crippen LogP contribution is -2.53. The molecule has 1 aliphatic rings. The Kier molecular flexibility index (Phi) is 5.99. The number of carbonyl (C=O) groups excluding carboxylic acids is 2. The van der Waals surface area contributed by atoms with Crippen LogP contribution in [0.25, 0.3) is 0 Å². The Morgan fingerprint density at radius 1 is 1.15 bits per heavy atom. The first-order chi connectivity index (χ1) is 12.0. The van der Waals surface area contributed by atoms with Crippen molar-refractivity contribution in [3.05, 3.63) is 35.4 Å². The lowest BCUT2D eigenvalue weighted by atomic mass is 9.94. The van der Waals surface area contributed by atoms with Crippen LogP contribution in [0.5, 0.6) is 0 Å². The molecule has 1 aliphatic heterocycles. The molecule has 0 bridgehead atoms. The average Bonchev–Trinajstić information content (AvgIpc) is 2.97. The second kappa shape index (κ2) is 7.68. The molecular formula is C21H32N2O3. The Hall–Kier alpha value is -2.04. The van der Waals surface area contributed by atoms with Crippen LogP contribution in [0, 0.1) is 6.92 Å². The number of hydrogen-bond acceptors (Lipinski definition) is 3. The SMILES string of the molecule is Cc1ccc(CC(C)(C)NC(=O)C2CCCN2C(=O)OC(C)(C)C)cc1. The minimum Gasteiger partial charge on any atom is -0.444 e. The van der Waals surface area contributed by atoms with Crippen LogP contribution in [-0.2, 0) is 16.0 Å². The summed E-state index contributed by atoms with van der Waals surface area (Å²) >= 11 is 0. The molecule has 1 heterocycles. The first kappa shape index (κ1) is 20.3. The minimum atomic E-state index is -0.564. The Morgan fingerprint density at radius 2 is 1.77 bits per heavy atom. The first-order valence-corrected chi connectivity index (χ1v) is 9.34. The number of aryl methyl sites for hydroxylation is 1. The van der Waals surface area contributed by atoms with E-state index < -0.39 is 23.3 Å². The van der Waals surface area contributed by atoms with Crippen LogP contribution in [0.4, 0.5) is 4.79 Å². The van der Waals surface area contributed by atoms with Gasteiger partial charge >= 0.3 is 6.09 Å². The van der Waals surface area contributed by atoms with Crippen LogP contribution in [0.15, 0.2) is 24.3 Å². The molecule has 2 amide bonds. The van der Waals surface area contributed by atoms with Gasteiger partial charge in [-0.25, -0.2) is 4.79 Å². The smallest absolute Gasteiger partial charge is 0.410 e. The van der Waals surface area contributed by atoms with E-state index in [-0.39, 0.29) is 5.91 Å². The molecule has 5 nitrogen and oxygen atoms in total. The van der Waals surface area contributed by atoms with Gasteiger partial charge in [-0.05, 0) is 66.4 Å². The van der Waals surface area contributed by atoms with E-state index >= 15 is 0 Å². The molecule has 1 aromatic carbocycles. The first-order valence-electron chi connectivity index (χ1n) is 9.34. The molecule has 1 unspecified atom stereocenters. The molecule has 0 spiro atoms. The molecule has 0 radical (unpaired) electrons. The predicted molar refractivity (Wildman–Crippen MR) is 103 cm³/mol. The standard InChI is InChI=1S/C21H32N2O3/c1-15-9-11-16(12-10-15)14-21(5,6)22-18(24)17-8-7-13-23(17)19(25)26-20(2,3)4/h9-12,17H,7-8,13-14H2,1-6H3,(H,22,24). The summed E-state index contributed by atoms with van der Waals surface area (Å²) in [5.74, 6) is -0.106. The van der Waals surface area contributed by atoms with Crippen LogP contribution in [-0.4, -0.2) is 40.6 Å². The topological polar surface area (TPSA) is 58.6 Å². The van der Waals surface area contributed by atoms with Gasteiger partial charge in [0.25, 0.3) is 0 Å². The number of ether oxygens (including phenoxy) is 1. The number of nitrogens with one attached hydrogen (secondary N) is 1. The molecule has 144 valence electrons. The molecule has 1 atom stereocenters. The van der Waals surface area contributed by atoms with Gasteiger partial charge in [0, 0.05) is 12.1 Å². The quantitative estimate of drug-likeness (QED) is 0.888. The van der Waals surface area contributed by atoms with E-state index in [9.17, 15) is 9.59 Å². The molecule has 0 aromatic heterocycles. The normalized spacial score (nSPS) is 17.9. The highest BCUT2D eigenvalue weighted by atomic mass is 16.6. The maximum Gasteiger partial charge on any atom is 0.410 e. The third-order valence-electron chi connectivity index (χ3n) is 4.41. The summed E-state index contributed by atoms with van der Waals surface area (Å²) in [7, 11) is 0. The van der Waals surface area contributed by atoms with Crippen molar-refractivity contribution in [2.75, 3.05) is 6.54 Å². The van der Waals surface area contributed by atoms with Gasteiger partial charge in [0.2, 0.25) is 5.91 Å². The minimum absolute atomic E-state index is 0.106. The zero-order chi connectivity index (χ0) is 19.5. The highest BCUT2D eigenvalue weighted by Gasteiger charge is 2.38. The van der Waals surface area contributed by atoms with Gasteiger partial charge < -0.3 is 10.1 Å². The molecule has 0 aliphatic carbocycles. The van der Waals surface area contributed by atoms with Gasteiger partial charge in [-0.3, -0.25) is 9.69 Å². The summed E-state index contributed by atoms with van der Waals surface area (Å²) in [5.41, 5.74) is 1.44. The fourth-order valence-corrected chi connectivity index (χ4v) is 3.26. The molecule has 1 saturated heterocycles. The van der Waals surface area contributed by atoms with Crippen molar-refractivity contribution < 1.29 is 14.3 Å². The summed E-state index contributed by atoms with van der Waals surface area (Å²) in [4.78, 5) is 26.8. The Bertz CT molecular complexity index is 644. The summed E-state index contributed by atoms with van der Waals surface area (Å²) in [6, 6.07) is 7.88. The molecular weight excluding hydrogens is 328 g/mol. The Labute approximate surface area is 157 Å². The lowest BCUT2D eigenvalue weighted by Gasteiger charge is -2.32. The average molecular weight is 360 g/mol. The molecule has 0 saturated carbocycles. The summed E-state index contributed by atoms with van der Waals surface area (Å²) in [5, 5.41) is 3.12. The maximum absolute atomic E-state index is 12.8. The van der Waals surface area contributed by atoms with E-state index in [0.717, 1.165) is 12.8 Å². The highest BCUT2D eigenvalue weighted by molar-refractivity contribution is 5.86. The number of hydrogen-bond donors (Lipinski definition) is 1. The zero-order valence-corrected chi connectivity index (χ0v) is 16.9. The van der Waals surface area contributed by atoms with Gasteiger partial charge in [-0.15, -0.1) is 0 Å². The lowest BCUT2D eigenvalue weighted by molar-refractivity contribution is -0.127. The van der Waals surface area contributed by atoms with E-state index in [0.29, 0.717) is 13.0 Å². The summed E-state index contributed by atoms with van der Waals surface area (Å²) in [6.45, 7) is 12.1.